The first-order valence-corrected chi connectivity index (χ1v) is 7.56. The molecule has 1 atom stereocenters. The van der Waals surface area contributed by atoms with Crippen LogP contribution in [0.4, 0.5) is 4.79 Å². The minimum atomic E-state index is -0.639. The van der Waals surface area contributed by atoms with E-state index in [2.05, 4.69) is 26.6 Å². The first-order chi connectivity index (χ1) is 10.5. The van der Waals surface area contributed by atoms with E-state index in [0.717, 1.165) is 4.47 Å². The van der Waals surface area contributed by atoms with Gasteiger partial charge in [-0.1, -0.05) is 15.9 Å². The van der Waals surface area contributed by atoms with Crippen molar-refractivity contribution in [2.45, 2.75) is 19.9 Å². The van der Waals surface area contributed by atoms with Crippen LogP contribution in [0.25, 0.3) is 0 Å². The molecule has 0 spiro atoms. The van der Waals surface area contributed by atoms with E-state index >= 15 is 0 Å². The smallest absolute Gasteiger partial charge is 0.337 e. The van der Waals surface area contributed by atoms with E-state index in [1.807, 2.05) is 19.1 Å². The highest BCUT2D eigenvalue weighted by atomic mass is 79.9. The van der Waals surface area contributed by atoms with Crippen molar-refractivity contribution in [2.75, 3.05) is 13.7 Å². The molecule has 0 radical (unpaired) electrons. The number of ether oxygens (including phenoxy) is 2. The minimum absolute atomic E-state index is 0.348. The summed E-state index contributed by atoms with van der Waals surface area (Å²) in [4.78, 5) is 23.9. The maximum absolute atomic E-state index is 12.1. The van der Waals surface area contributed by atoms with Gasteiger partial charge in [0.15, 0.2) is 0 Å². The number of halogens is 1. The monoisotopic (exact) mass is 368 g/mol. The number of hydrogen-bond acceptors (Lipinski definition) is 4. The number of methoxy groups -OCH3 is 1. The lowest BCUT2D eigenvalue weighted by Crippen LogP contribution is -2.45. The van der Waals surface area contributed by atoms with Gasteiger partial charge in [0.25, 0.3) is 0 Å². The Morgan fingerprint density at radius 2 is 2.14 bits per heavy atom. The Labute approximate surface area is 137 Å². The highest BCUT2D eigenvalue weighted by molar-refractivity contribution is 9.10. The number of urea groups is 1. The number of carbonyl (C=O) groups is 2. The molecule has 0 saturated carbocycles. The molecule has 1 aromatic carbocycles. The average Bonchev–Trinajstić information content (AvgIpc) is 2.47. The molecule has 7 heteroatoms. The molecule has 2 rings (SSSR count). The summed E-state index contributed by atoms with van der Waals surface area (Å²) in [5.74, 6) is 0.101. The third-order valence-electron chi connectivity index (χ3n) is 3.26. The standard InChI is InChI=1S/C15H17BrN2O4/c1-4-22-11-6-5-9(16)7-10(11)13-12(14(19)21-3)8(2)17-15(20)18-13/h5-7,13H,4H2,1-3H3,(H2,17,18,20). The van der Waals surface area contributed by atoms with Crippen molar-refractivity contribution < 1.29 is 19.1 Å². The van der Waals surface area contributed by atoms with E-state index in [-0.39, 0.29) is 6.03 Å². The van der Waals surface area contributed by atoms with Crippen LogP contribution in [0.5, 0.6) is 5.75 Å². The molecule has 1 aromatic rings. The number of allylic oxidation sites excluding steroid dienone is 1. The molecule has 2 amide bonds. The van der Waals surface area contributed by atoms with E-state index in [0.29, 0.717) is 29.2 Å². The van der Waals surface area contributed by atoms with Crippen molar-refractivity contribution in [1.82, 2.24) is 10.6 Å². The predicted molar refractivity (Wildman–Crippen MR) is 84.4 cm³/mol. The Hall–Kier alpha value is -2.02. The molecule has 1 aliphatic rings. The molecule has 22 heavy (non-hydrogen) atoms. The average molecular weight is 369 g/mol. The Bertz CT molecular complexity index is 642. The minimum Gasteiger partial charge on any atom is -0.494 e. The second-order valence-electron chi connectivity index (χ2n) is 4.68. The van der Waals surface area contributed by atoms with Crippen molar-refractivity contribution in [2.24, 2.45) is 0 Å². The Balaban J connectivity index is 2.57. The fraction of sp³-hybridized carbons (Fsp3) is 0.333. The summed E-state index contributed by atoms with van der Waals surface area (Å²) in [6, 6.07) is 4.43. The molecule has 2 N–H and O–H groups in total. The van der Waals surface area contributed by atoms with E-state index in [9.17, 15) is 9.59 Å². The summed E-state index contributed by atoms with van der Waals surface area (Å²) >= 11 is 3.40. The summed E-state index contributed by atoms with van der Waals surface area (Å²) in [6.07, 6.45) is 0. The van der Waals surface area contributed by atoms with Gasteiger partial charge >= 0.3 is 12.0 Å². The summed E-state index contributed by atoms with van der Waals surface area (Å²) < 4.78 is 11.3. The molecule has 1 heterocycles. The maximum Gasteiger partial charge on any atom is 0.337 e. The molecule has 6 nitrogen and oxygen atoms in total. The van der Waals surface area contributed by atoms with Gasteiger partial charge in [-0.05, 0) is 32.0 Å². The summed E-state index contributed by atoms with van der Waals surface area (Å²) in [7, 11) is 1.31. The van der Waals surface area contributed by atoms with Crippen LogP contribution in [0.3, 0.4) is 0 Å². The van der Waals surface area contributed by atoms with Gasteiger partial charge in [-0.25, -0.2) is 9.59 Å². The van der Waals surface area contributed by atoms with Crippen molar-refractivity contribution in [3.05, 3.63) is 39.5 Å². The zero-order valence-electron chi connectivity index (χ0n) is 12.5. The number of carbonyl (C=O) groups excluding carboxylic acids is 2. The molecule has 0 aliphatic carbocycles. The predicted octanol–water partition coefficient (Wildman–Crippen LogP) is 2.65. The number of hydrogen-bond donors (Lipinski definition) is 2. The van der Waals surface area contributed by atoms with Gasteiger partial charge in [-0.3, -0.25) is 0 Å². The Morgan fingerprint density at radius 3 is 2.77 bits per heavy atom. The topological polar surface area (TPSA) is 76.7 Å². The van der Waals surface area contributed by atoms with Crippen molar-refractivity contribution in [1.29, 1.82) is 0 Å². The fourth-order valence-electron chi connectivity index (χ4n) is 2.34. The number of benzene rings is 1. The highest BCUT2D eigenvalue weighted by Crippen LogP contribution is 2.35. The van der Waals surface area contributed by atoms with Gasteiger partial charge in [-0.15, -0.1) is 0 Å². The molecule has 1 aliphatic heterocycles. The Morgan fingerprint density at radius 1 is 1.41 bits per heavy atom. The maximum atomic E-state index is 12.1. The largest absolute Gasteiger partial charge is 0.494 e. The molecule has 0 fully saturated rings. The molecule has 0 saturated heterocycles. The summed E-state index contributed by atoms with van der Waals surface area (Å²) in [5.41, 5.74) is 1.50. The summed E-state index contributed by atoms with van der Waals surface area (Å²) in [6.45, 7) is 4.01. The normalized spacial score (nSPS) is 17.6. The third kappa shape index (κ3) is 3.24. The number of esters is 1. The van der Waals surface area contributed by atoms with E-state index in [1.165, 1.54) is 7.11 Å². The third-order valence-corrected chi connectivity index (χ3v) is 3.75. The molecule has 118 valence electrons. The van der Waals surface area contributed by atoms with Crippen molar-refractivity contribution in [3.63, 3.8) is 0 Å². The molecule has 1 unspecified atom stereocenters. The fourth-order valence-corrected chi connectivity index (χ4v) is 2.72. The second-order valence-corrected chi connectivity index (χ2v) is 5.59. The van der Waals surface area contributed by atoms with E-state index in [4.69, 9.17) is 9.47 Å². The van der Waals surface area contributed by atoms with Crippen LogP contribution in [0.1, 0.15) is 25.5 Å². The lowest BCUT2D eigenvalue weighted by atomic mass is 9.95. The lowest BCUT2D eigenvalue weighted by Gasteiger charge is -2.29. The zero-order valence-corrected chi connectivity index (χ0v) is 14.1. The molecular formula is C15H17BrN2O4. The van der Waals surface area contributed by atoms with Crippen molar-refractivity contribution >= 4 is 27.9 Å². The van der Waals surface area contributed by atoms with Gasteiger partial charge in [-0.2, -0.15) is 0 Å². The van der Waals surface area contributed by atoms with Crippen LogP contribution in [-0.2, 0) is 9.53 Å². The van der Waals surface area contributed by atoms with E-state index in [1.54, 1.807) is 13.0 Å². The van der Waals surface area contributed by atoms with Gasteiger partial charge in [0.2, 0.25) is 0 Å². The highest BCUT2D eigenvalue weighted by Gasteiger charge is 2.33. The van der Waals surface area contributed by atoms with Gasteiger partial charge < -0.3 is 20.1 Å². The first kappa shape index (κ1) is 16.4. The molecular weight excluding hydrogens is 352 g/mol. The van der Waals surface area contributed by atoms with Crippen LogP contribution in [-0.4, -0.2) is 25.7 Å². The van der Waals surface area contributed by atoms with E-state index < -0.39 is 12.0 Å². The number of amides is 2. The van der Waals surface area contributed by atoms with Gasteiger partial charge in [0, 0.05) is 15.7 Å². The van der Waals surface area contributed by atoms with Crippen LogP contribution in [0, 0.1) is 0 Å². The SMILES string of the molecule is CCOc1ccc(Br)cc1C1NC(=O)NC(C)=C1C(=O)OC. The molecule has 0 aromatic heterocycles. The van der Waals surface area contributed by atoms with Crippen molar-refractivity contribution in [3.8, 4) is 5.75 Å². The number of nitrogens with one attached hydrogen (secondary N) is 2. The van der Waals surface area contributed by atoms with Gasteiger partial charge in [0.1, 0.15) is 5.75 Å². The lowest BCUT2D eigenvalue weighted by molar-refractivity contribution is -0.136. The first-order valence-electron chi connectivity index (χ1n) is 6.76. The van der Waals surface area contributed by atoms with Crippen LogP contribution >= 0.6 is 15.9 Å². The zero-order chi connectivity index (χ0) is 16.3. The quantitative estimate of drug-likeness (QED) is 0.800. The summed E-state index contributed by atoms with van der Waals surface area (Å²) in [5, 5.41) is 5.33. The van der Waals surface area contributed by atoms with Crippen LogP contribution in [0.15, 0.2) is 33.9 Å². The second kappa shape index (κ2) is 6.83. The van der Waals surface area contributed by atoms with Crippen LogP contribution < -0.4 is 15.4 Å². The number of rotatable bonds is 4. The van der Waals surface area contributed by atoms with Crippen LogP contribution in [0.2, 0.25) is 0 Å². The Kier molecular flexibility index (Phi) is 5.07. The molecule has 0 bridgehead atoms. The van der Waals surface area contributed by atoms with Gasteiger partial charge in [0.05, 0.1) is 25.3 Å².